The SMILES string of the molecule is COCC1=NN(c2ccc(C)cc2C)C(=O)C1. The molecule has 17 heavy (non-hydrogen) atoms. The number of nitrogens with zero attached hydrogens (tertiary/aromatic N) is 2. The van der Waals surface area contributed by atoms with E-state index in [-0.39, 0.29) is 5.91 Å². The summed E-state index contributed by atoms with van der Waals surface area (Å²) in [7, 11) is 1.60. The predicted molar refractivity (Wildman–Crippen MR) is 67.3 cm³/mol. The molecule has 0 aromatic heterocycles. The monoisotopic (exact) mass is 232 g/mol. The van der Waals surface area contributed by atoms with E-state index in [1.54, 1.807) is 7.11 Å². The number of anilines is 1. The molecule has 4 nitrogen and oxygen atoms in total. The summed E-state index contributed by atoms with van der Waals surface area (Å²) in [5, 5.41) is 5.77. The van der Waals surface area contributed by atoms with Gasteiger partial charge in [0.05, 0.1) is 24.4 Å². The van der Waals surface area contributed by atoms with Crippen LogP contribution in [0, 0.1) is 13.8 Å². The number of benzene rings is 1. The number of rotatable bonds is 3. The van der Waals surface area contributed by atoms with Crippen LogP contribution in [0.25, 0.3) is 0 Å². The molecule has 90 valence electrons. The van der Waals surface area contributed by atoms with Crippen LogP contribution in [0.3, 0.4) is 0 Å². The van der Waals surface area contributed by atoms with E-state index in [0.717, 1.165) is 17.0 Å². The second-order valence-electron chi connectivity index (χ2n) is 4.27. The maximum absolute atomic E-state index is 11.9. The number of hydrogen-bond acceptors (Lipinski definition) is 3. The van der Waals surface area contributed by atoms with Gasteiger partial charge in [-0.15, -0.1) is 0 Å². The Labute approximate surface area is 101 Å². The number of carbonyl (C=O) groups is 1. The molecule has 0 radical (unpaired) electrons. The fraction of sp³-hybridized carbons (Fsp3) is 0.385. The summed E-state index contributed by atoms with van der Waals surface area (Å²) in [5.41, 5.74) is 3.86. The molecular weight excluding hydrogens is 216 g/mol. The topological polar surface area (TPSA) is 41.9 Å². The lowest BCUT2D eigenvalue weighted by Gasteiger charge is -2.14. The van der Waals surface area contributed by atoms with Crippen LogP contribution >= 0.6 is 0 Å². The Morgan fingerprint density at radius 2 is 2.18 bits per heavy atom. The Bertz CT molecular complexity index is 480. The van der Waals surface area contributed by atoms with Crippen LogP contribution in [0.5, 0.6) is 0 Å². The van der Waals surface area contributed by atoms with Crippen molar-refractivity contribution in [2.24, 2.45) is 5.10 Å². The Balaban J connectivity index is 2.30. The summed E-state index contributed by atoms with van der Waals surface area (Å²) in [6.45, 7) is 4.43. The lowest BCUT2D eigenvalue weighted by atomic mass is 10.1. The molecule has 1 aromatic carbocycles. The number of aryl methyl sites for hydroxylation is 2. The quantitative estimate of drug-likeness (QED) is 0.800. The molecule has 0 saturated heterocycles. The highest BCUT2D eigenvalue weighted by atomic mass is 16.5. The van der Waals surface area contributed by atoms with Crippen molar-refractivity contribution in [3.63, 3.8) is 0 Å². The maximum atomic E-state index is 11.9. The van der Waals surface area contributed by atoms with Gasteiger partial charge in [-0.1, -0.05) is 17.7 Å². The molecule has 0 atom stereocenters. The summed E-state index contributed by atoms with van der Waals surface area (Å²) in [6.07, 6.45) is 0.348. The first-order valence-electron chi connectivity index (χ1n) is 5.57. The first-order valence-corrected chi connectivity index (χ1v) is 5.57. The molecule has 0 N–H and O–H groups in total. The number of amides is 1. The molecule has 0 saturated carbocycles. The van der Waals surface area contributed by atoms with E-state index >= 15 is 0 Å². The van der Waals surface area contributed by atoms with Gasteiger partial charge in [0, 0.05) is 7.11 Å². The predicted octanol–water partition coefficient (Wildman–Crippen LogP) is 2.04. The Morgan fingerprint density at radius 1 is 1.41 bits per heavy atom. The van der Waals surface area contributed by atoms with Gasteiger partial charge in [-0.05, 0) is 25.5 Å². The molecule has 0 bridgehead atoms. The number of hydrazone groups is 1. The van der Waals surface area contributed by atoms with E-state index in [4.69, 9.17) is 4.74 Å². The van der Waals surface area contributed by atoms with Crippen LogP contribution in [0.2, 0.25) is 0 Å². The molecule has 0 spiro atoms. The molecule has 1 aromatic rings. The minimum atomic E-state index is 0.00371. The number of hydrogen-bond donors (Lipinski definition) is 0. The Kier molecular flexibility index (Phi) is 3.24. The molecule has 4 heteroatoms. The van der Waals surface area contributed by atoms with E-state index < -0.39 is 0 Å². The summed E-state index contributed by atoms with van der Waals surface area (Å²) in [5.74, 6) is 0.00371. The van der Waals surface area contributed by atoms with Gasteiger partial charge in [0.15, 0.2) is 0 Å². The first-order chi connectivity index (χ1) is 8.11. The van der Waals surface area contributed by atoms with Crippen molar-refractivity contribution in [1.82, 2.24) is 0 Å². The molecule has 1 heterocycles. The highest BCUT2D eigenvalue weighted by molar-refractivity contribution is 6.13. The van der Waals surface area contributed by atoms with Gasteiger partial charge >= 0.3 is 0 Å². The second-order valence-corrected chi connectivity index (χ2v) is 4.27. The van der Waals surface area contributed by atoms with Crippen molar-refractivity contribution in [1.29, 1.82) is 0 Å². The second kappa shape index (κ2) is 4.67. The Hall–Kier alpha value is -1.68. The van der Waals surface area contributed by atoms with E-state index in [0.29, 0.717) is 13.0 Å². The van der Waals surface area contributed by atoms with Gasteiger partial charge in [0.2, 0.25) is 0 Å². The summed E-state index contributed by atoms with van der Waals surface area (Å²) >= 11 is 0. The van der Waals surface area contributed by atoms with Gasteiger partial charge < -0.3 is 4.74 Å². The maximum Gasteiger partial charge on any atom is 0.253 e. The molecule has 0 fully saturated rings. The zero-order valence-electron chi connectivity index (χ0n) is 10.4. The molecular formula is C13H16N2O2. The summed E-state index contributed by atoms with van der Waals surface area (Å²) < 4.78 is 5.00. The normalized spacial score (nSPS) is 15.4. The Morgan fingerprint density at radius 3 is 2.82 bits per heavy atom. The molecule has 2 rings (SSSR count). The fourth-order valence-corrected chi connectivity index (χ4v) is 1.96. The molecule has 1 aliphatic heterocycles. The third-order valence-corrected chi connectivity index (χ3v) is 2.72. The van der Waals surface area contributed by atoms with E-state index in [2.05, 4.69) is 5.10 Å². The smallest absolute Gasteiger partial charge is 0.253 e. The minimum Gasteiger partial charge on any atom is -0.379 e. The van der Waals surface area contributed by atoms with Crippen LogP contribution in [-0.2, 0) is 9.53 Å². The van der Waals surface area contributed by atoms with Gasteiger partial charge in [-0.3, -0.25) is 4.79 Å². The zero-order valence-corrected chi connectivity index (χ0v) is 10.4. The van der Waals surface area contributed by atoms with Crippen molar-refractivity contribution in [2.45, 2.75) is 20.3 Å². The van der Waals surface area contributed by atoms with Crippen molar-refractivity contribution < 1.29 is 9.53 Å². The van der Waals surface area contributed by atoms with Crippen LogP contribution in [0.1, 0.15) is 17.5 Å². The van der Waals surface area contributed by atoms with Gasteiger partial charge in [0.25, 0.3) is 5.91 Å². The lowest BCUT2D eigenvalue weighted by molar-refractivity contribution is -0.116. The van der Waals surface area contributed by atoms with E-state index in [9.17, 15) is 4.79 Å². The first kappa shape index (κ1) is 11.8. The van der Waals surface area contributed by atoms with E-state index in [1.165, 1.54) is 10.6 Å². The summed E-state index contributed by atoms with van der Waals surface area (Å²) in [4.78, 5) is 11.9. The zero-order chi connectivity index (χ0) is 12.4. The van der Waals surface area contributed by atoms with Crippen molar-refractivity contribution in [2.75, 3.05) is 18.7 Å². The number of carbonyl (C=O) groups excluding carboxylic acids is 1. The van der Waals surface area contributed by atoms with Gasteiger partial charge in [-0.25, -0.2) is 5.01 Å². The van der Waals surface area contributed by atoms with Crippen molar-refractivity contribution in [3.8, 4) is 0 Å². The number of ether oxygens (including phenoxy) is 1. The summed E-state index contributed by atoms with van der Waals surface area (Å²) in [6, 6.07) is 5.97. The molecule has 1 aliphatic rings. The third-order valence-electron chi connectivity index (χ3n) is 2.72. The molecule has 0 aliphatic carbocycles. The van der Waals surface area contributed by atoms with E-state index in [1.807, 2.05) is 32.0 Å². The van der Waals surface area contributed by atoms with Crippen LogP contribution in [0.4, 0.5) is 5.69 Å². The average Bonchev–Trinajstić information content (AvgIpc) is 2.60. The third kappa shape index (κ3) is 2.36. The lowest BCUT2D eigenvalue weighted by Crippen LogP contribution is -2.20. The van der Waals surface area contributed by atoms with Gasteiger partial charge in [-0.2, -0.15) is 5.10 Å². The fourth-order valence-electron chi connectivity index (χ4n) is 1.96. The van der Waals surface area contributed by atoms with Crippen LogP contribution in [0.15, 0.2) is 23.3 Å². The van der Waals surface area contributed by atoms with Crippen LogP contribution < -0.4 is 5.01 Å². The minimum absolute atomic E-state index is 0.00371. The molecule has 1 amide bonds. The largest absolute Gasteiger partial charge is 0.379 e. The highest BCUT2D eigenvalue weighted by Gasteiger charge is 2.25. The molecule has 0 unspecified atom stereocenters. The average molecular weight is 232 g/mol. The van der Waals surface area contributed by atoms with Crippen LogP contribution in [-0.4, -0.2) is 25.3 Å². The van der Waals surface area contributed by atoms with Crippen molar-refractivity contribution in [3.05, 3.63) is 29.3 Å². The highest BCUT2D eigenvalue weighted by Crippen LogP contribution is 2.25. The standard InChI is InChI=1S/C13H16N2O2/c1-9-4-5-12(10(2)6-9)15-13(16)7-11(14-15)8-17-3/h4-6H,7-8H2,1-3H3. The van der Waals surface area contributed by atoms with Gasteiger partial charge in [0.1, 0.15) is 0 Å². The number of methoxy groups -OCH3 is 1. The van der Waals surface area contributed by atoms with Crippen molar-refractivity contribution >= 4 is 17.3 Å².